The summed E-state index contributed by atoms with van der Waals surface area (Å²) in [5.41, 5.74) is 22.1. The summed E-state index contributed by atoms with van der Waals surface area (Å²) in [6, 6.07) is 125. The Balaban J connectivity index is 0.632. The standard InChI is InChI=1S/C94H56O2/c1-3-19-64-53-68(51-43-57(64)17-1)71-29-13-31-81-83-33-15-35-85(93(83)95-91(71)81)89-77-25-9-5-21-73(77)87(74-22-6-10-26-78(74)89)62-45-37-59(38-46-62)66-49-41-61-42-50-67(56-70(61)55-66)60-39-47-63(48-40-60)88-75-23-7-11-27-79(75)90(80-28-12-8-24-76(80)88)86-36-16-34-84-82-32-14-30-72(92(82)96-94(84)86)69-52-44-58-18-2-4-20-65(58)54-69/h1-56H. The lowest BCUT2D eigenvalue weighted by atomic mass is 9.85. The van der Waals surface area contributed by atoms with Crippen molar-refractivity contribution in [2.45, 2.75) is 0 Å². The van der Waals surface area contributed by atoms with E-state index in [1.807, 2.05) is 0 Å². The van der Waals surface area contributed by atoms with Gasteiger partial charge in [0.25, 0.3) is 0 Å². The van der Waals surface area contributed by atoms with Gasteiger partial charge in [-0.3, -0.25) is 0 Å². The van der Waals surface area contributed by atoms with Crippen LogP contribution in [-0.2, 0) is 0 Å². The van der Waals surface area contributed by atoms with Gasteiger partial charge in [-0.25, -0.2) is 0 Å². The minimum Gasteiger partial charge on any atom is -0.455 e. The van der Waals surface area contributed by atoms with Gasteiger partial charge in [-0.05, 0) is 155 Å². The zero-order valence-electron chi connectivity index (χ0n) is 52.1. The van der Waals surface area contributed by atoms with Crippen molar-refractivity contribution in [3.63, 3.8) is 0 Å². The van der Waals surface area contributed by atoms with Crippen LogP contribution in [0.1, 0.15) is 0 Å². The van der Waals surface area contributed by atoms with Crippen molar-refractivity contribution < 1.29 is 8.83 Å². The first kappa shape index (κ1) is 54.0. The summed E-state index contributed by atoms with van der Waals surface area (Å²) in [6.45, 7) is 0. The van der Waals surface area contributed by atoms with E-state index in [2.05, 4.69) is 340 Å². The Morgan fingerprint density at radius 3 is 0.729 bits per heavy atom. The van der Waals surface area contributed by atoms with Crippen LogP contribution in [0.15, 0.2) is 349 Å². The van der Waals surface area contributed by atoms with Gasteiger partial charge in [-0.2, -0.15) is 0 Å². The molecular formula is C94H56O2. The number of para-hydroxylation sites is 4. The van der Waals surface area contributed by atoms with Crippen molar-refractivity contribution in [2.75, 3.05) is 0 Å². The average molecular weight is 1220 g/mol. The summed E-state index contributed by atoms with van der Waals surface area (Å²) in [6.07, 6.45) is 0. The Labute approximate surface area is 553 Å². The number of hydrogen-bond donors (Lipinski definition) is 0. The molecule has 96 heavy (non-hydrogen) atoms. The van der Waals surface area contributed by atoms with E-state index in [0.29, 0.717) is 0 Å². The second-order valence-electron chi connectivity index (χ2n) is 25.7. The van der Waals surface area contributed by atoms with E-state index < -0.39 is 0 Å². The number of benzene rings is 18. The Kier molecular flexibility index (Phi) is 12.1. The molecule has 18 aromatic carbocycles. The maximum absolute atomic E-state index is 7.14. The molecule has 20 aromatic rings. The zero-order chi connectivity index (χ0) is 63.0. The molecule has 2 heterocycles. The summed E-state index contributed by atoms with van der Waals surface area (Å²) in [5, 5.41) is 21.3. The predicted molar refractivity (Wildman–Crippen MR) is 407 cm³/mol. The molecule has 0 aliphatic rings. The van der Waals surface area contributed by atoms with Crippen LogP contribution in [0.5, 0.6) is 0 Å². The third kappa shape index (κ3) is 8.45. The van der Waals surface area contributed by atoms with Crippen molar-refractivity contribution in [3.8, 4) is 89.0 Å². The monoisotopic (exact) mass is 1220 g/mol. The molecule has 0 unspecified atom stereocenters. The van der Waals surface area contributed by atoms with Gasteiger partial charge < -0.3 is 8.83 Å². The van der Waals surface area contributed by atoms with E-state index >= 15 is 0 Å². The van der Waals surface area contributed by atoms with Gasteiger partial charge in [-0.1, -0.05) is 315 Å². The fourth-order valence-electron chi connectivity index (χ4n) is 15.9. The summed E-state index contributed by atoms with van der Waals surface area (Å²) in [4.78, 5) is 0. The summed E-state index contributed by atoms with van der Waals surface area (Å²) < 4.78 is 14.3. The average Bonchev–Trinajstić information content (AvgIpc) is 1.25. The van der Waals surface area contributed by atoms with Crippen LogP contribution in [-0.4, -0.2) is 0 Å². The lowest BCUT2D eigenvalue weighted by Crippen LogP contribution is -1.91. The minimum atomic E-state index is 0.900. The first-order chi connectivity index (χ1) is 47.6. The van der Waals surface area contributed by atoms with Gasteiger partial charge in [0.15, 0.2) is 0 Å². The van der Waals surface area contributed by atoms with E-state index in [-0.39, 0.29) is 0 Å². The molecular weight excluding hydrogens is 1160 g/mol. The highest BCUT2D eigenvalue weighted by atomic mass is 16.3. The molecule has 2 aromatic heterocycles. The van der Waals surface area contributed by atoms with Crippen molar-refractivity contribution in [1.82, 2.24) is 0 Å². The topological polar surface area (TPSA) is 26.3 Å². The SMILES string of the molecule is c1ccc2cc(-c3cccc4c3oc3c(-c5c6ccccc6c(-c6ccc(-c7ccc8ccc(-c9ccc(-c%10c%11ccccc%11c(-c%11cccc%12c%11oc%11c(-c%13ccc%14ccccc%14c%13)cccc%11%12)c%11ccccc%10%11)cc9)cc8c7)cc6)c6ccccc56)cccc34)ccc2c1. The van der Waals surface area contributed by atoms with E-state index in [1.54, 1.807) is 0 Å². The highest BCUT2D eigenvalue weighted by Gasteiger charge is 2.24. The fraction of sp³-hybridized carbons (Fsp3) is 0. The summed E-state index contributed by atoms with van der Waals surface area (Å²) in [7, 11) is 0. The van der Waals surface area contributed by atoms with Gasteiger partial charge in [0, 0.05) is 54.9 Å². The first-order valence-corrected chi connectivity index (χ1v) is 33.1. The molecule has 0 radical (unpaired) electrons. The number of fused-ring (bicyclic) bond motifs is 13. The summed E-state index contributed by atoms with van der Waals surface area (Å²) in [5.74, 6) is 0. The molecule has 0 saturated heterocycles. The predicted octanol–water partition coefficient (Wildman–Crippen LogP) is 26.9. The molecule has 0 fully saturated rings. The largest absolute Gasteiger partial charge is 0.455 e. The minimum absolute atomic E-state index is 0.900. The quantitative estimate of drug-likeness (QED) is 0.142. The van der Waals surface area contributed by atoms with Crippen molar-refractivity contribution in [3.05, 3.63) is 340 Å². The van der Waals surface area contributed by atoms with Crippen molar-refractivity contribution in [1.29, 1.82) is 0 Å². The Hall–Kier alpha value is -12.6. The van der Waals surface area contributed by atoms with Crippen molar-refractivity contribution in [2.24, 2.45) is 0 Å². The Bertz CT molecular complexity index is 6110. The van der Waals surface area contributed by atoms with Crippen LogP contribution < -0.4 is 0 Å². The Morgan fingerprint density at radius 2 is 0.375 bits per heavy atom. The molecule has 20 rings (SSSR count). The molecule has 0 spiro atoms. The molecule has 2 nitrogen and oxygen atoms in total. The van der Waals surface area contributed by atoms with Gasteiger partial charge in [0.05, 0.1) is 0 Å². The first-order valence-electron chi connectivity index (χ1n) is 33.1. The van der Waals surface area contributed by atoms with E-state index in [9.17, 15) is 0 Å². The maximum Gasteiger partial charge on any atom is 0.143 e. The highest BCUT2D eigenvalue weighted by molar-refractivity contribution is 6.27. The van der Waals surface area contributed by atoms with Gasteiger partial charge in [-0.15, -0.1) is 0 Å². The van der Waals surface area contributed by atoms with Crippen LogP contribution in [0, 0.1) is 0 Å². The molecule has 444 valence electrons. The van der Waals surface area contributed by atoms with Crippen LogP contribution in [0.2, 0.25) is 0 Å². The maximum atomic E-state index is 7.14. The summed E-state index contributed by atoms with van der Waals surface area (Å²) >= 11 is 0. The molecule has 0 N–H and O–H groups in total. The highest BCUT2D eigenvalue weighted by Crippen LogP contribution is 2.51. The lowest BCUT2D eigenvalue weighted by molar-refractivity contribution is 0.671. The van der Waals surface area contributed by atoms with E-state index in [4.69, 9.17) is 8.83 Å². The molecule has 0 atom stereocenters. The fourth-order valence-corrected chi connectivity index (χ4v) is 15.9. The molecule has 0 aliphatic carbocycles. The lowest BCUT2D eigenvalue weighted by Gasteiger charge is -2.18. The smallest absolute Gasteiger partial charge is 0.143 e. The zero-order valence-corrected chi connectivity index (χ0v) is 52.1. The van der Waals surface area contributed by atoms with Gasteiger partial charge >= 0.3 is 0 Å². The number of hydrogen-bond acceptors (Lipinski definition) is 2. The van der Waals surface area contributed by atoms with Crippen LogP contribution in [0.25, 0.3) is 208 Å². The van der Waals surface area contributed by atoms with Gasteiger partial charge in [0.1, 0.15) is 22.3 Å². The second-order valence-corrected chi connectivity index (χ2v) is 25.7. The molecule has 0 amide bonds. The third-order valence-corrected chi connectivity index (χ3v) is 20.4. The van der Waals surface area contributed by atoms with Crippen LogP contribution in [0.3, 0.4) is 0 Å². The van der Waals surface area contributed by atoms with E-state index in [1.165, 1.54) is 131 Å². The van der Waals surface area contributed by atoms with Crippen molar-refractivity contribution >= 4 is 119 Å². The third-order valence-electron chi connectivity index (χ3n) is 20.4. The second kappa shape index (κ2) is 21.5. The normalized spacial score (nSPS) is 12.0. The van der Waals surface area contributed by atoms with Crippen LogP contribution in [0.4, 0.5) is 0 Å². The molecule has 0 saturated carbocycles. The number of furan rings is 2. The van der Waals surface area contributed by atoms with Crippen LogP contribution >= 0.6 is 0 Å². The number of rotatable bonds is 8. The molecule has 0 aliphatic heterocycles. The van der Waals surface area contributed by atoms with Gasteiger partial charge in [0.2, 0.25) is 0 Å². The molecule has 0 bridgehead atoms. The van der Waals surface area contributed by atoms with E-state index in [0.717, 1.165) is 77.3 Å². The molecule has 2 heteroatoms. The Morgan fingerprint density at radius 1 is 0.135 bits per heavy atom.